The van der Waals surface area contributed by atoms with E-state index in [2.05, 4.69) is 10.3 Å². The Kier molecular flexibility index (Phi) is 5.45. The molecule has 0 bridgehead atoms. The first-order chi connectivity index (χ1) is 5.56. The van der Waals surface area contributed by atoms with E-state index in [9.17, 15) is 0 Å². The highest BCUT2D eigenvalue weighted by atomic mass is 16.3. The Morgan fingerprint density at radius 1 is 1.50 bits per heavy atom. The number of hydrogen-bond donors (Lipinski definition) is 3. The van der Waals surface area contributed by atoms with Crippen molar-refractivity contribution in [2.45, 2.75) is 39.3 Å². The summed E-state index contributed by atoms with van der Waals surface area (Å²) in [6, 6.07) is 0.385. The van der Waals surface area contributed by atoms with E-state index in [4.69, 9.17) is 10.8 Å². The predicted molar refractivity (Wildman–Crippen MR) is 51.1 cm³/mol. The Hall–Kier alpha value is -0.770. The molecule has 4 nitrogen and oxygen atoms in total. The summed E-state index contributed by atoms with van der Waals surface area (Å²) in [6.07, 6.45) is 0.653. The molecular formula is C8H19N3O. The summed E-state index contributed by atoms with van der Waals surface area (Å²) < 4.78 is 0. The molecule has 1 atom stereocenters. The summed E-state index contributed by atoms with van der Waals surface area (Å²) in [4.78, 5) is 4.13. The average Bonchev–Trinajstić information content (AvgIpc) is 1.84. The van der Waals surface area contributed by atoms with Crippen molar-refractivity contribution in [1.29, 1.82) is 0 Å². The van der Waals surface area contributed by atoms with E-state index in [1.54, 1.807) is 0 Å². The molecule has 0 spiro atoms. The third kappa shape index (κ3) is 5.97. The Bertz CT molecular complexity index is 145. The molecule has 12 heavy (non-hydrogen) atoms. The summed E-state index contributed by atoms with van der Waals surface area (Å²) in [7, 11) is 0. The molecule has 0 aliphatic carbocycles. The van der Waals surface area contributed by atoms with Crippen LogP contribution in [0.2, 0.25) is 0 Å². The fraction of sp³-hybridized carbons (Fsp3) is 0.875. The third-order valence-electron chi connectivity index (χ3n) is 1.34. The minimum atomic E-state index is 0.0845. The molecule has 0 heterocycles. The number of aliphatic hydroxyl groups is 1. The van der Waals surface area contributed by atoms with Gasteiger partial charge in [0.2, 0.25) is 0 Å². The highest BCUT2D eigenvalue weighted by molar-refractivity contribution is 5.78. The van der Waals surface area contributed by atoms with E-state index in [1.807, 2.05) is 20.8 Å². The van der Waals surface area contributed by atoms with Gasteiger partial charge in [0.1, 0.15) is 0 Å². The molecule has 4 N–H and O–H groups in total. The number of nitrogens with two attached hydrogens (primary N) is 1. The summed E-state index contributed by atoms with van der Waals surface area (Å²) in [5, 5.41) is 11.6. The lowest BCUT2D eigenvalue weighted by atomic mass is 10.3. The minimum absolute atomic E-state index is 0.0845. The van der Waals surface area contributed by atoms with Crippen LogP contribution in [0.3, 0.4) is 0 Å². The maximum absolute atomic E-state index is 8.60. The molecule has 1 unspecified atom stereocenters. The molecule has 0 saturated carbocycles. The fourth-order valence-electron chi connectivity index (χ4n) is 0.822. The summed E-state index contributed by atoms with van der Waals surface area (Å²) in [5.41, 5.74) is 5.56. The summed E-state index contributed by atoms with van der Waals surface area (Å²) >= 11 is 0. The molecule has 0 fully saturated rings. The minimum Gasteiger partial charge on any atom is -0.396 e. The van der Waals surface area contributed by atoms with Gasteiger partial charge in [0.05, 0.1) is 6.04 Å². The third-order valence-corrected chi connectivity index (χ3v) is 1.34. The van der Waals surface area contributed by atoms with Crippen LogP contribution >= 0.6 is 0 Å². The van der Waals surface area contributed by atoms with Gasteiger partial charge in [-0.1, -0.05) is 0 Å². The van der Waals surface area contributed by atoms with Gasteiger partial charge >= 0.3 is 0 Å². The molecule has 0 amide bonds. The fourth-order valence-corrected chi connectivity index (χ4v) is 0.822. The van der Waals surface area contributed by atoms with Crippen molar-refractivity contribution in [2.24, 2.45) is 10.7 Å². The largest absolute Gasteiger partial charge is 0.396 e. The van der Waals surface area contributed by atoms with Gasteiger partial charge in [0.15, 0.2) is 5.96 Å². The van der Waals surface area contributed by atoms with Crippen molar-refractivity contribution in [3.05, 3.63) is 0 Å². The average molecular weight is 173 g/mol. The normalized spacial score (nSPS) is 14.9. The first kappa shape index (κ1) is 11.2. The molecule has 0 aromatic rings. The van der Waals surface area contributed by atoms with Crippen molar-refractivity contribution in [3.63, 3.8) is 0 Å². The smallest absolute Gasteiger partial charge is 0.189 e. The van der Waals surface area contributed by atoms with Gasteiger partial charge in [-0.15, -0.1) is 0 Å². The number of hydrogen-bond acceptors (Lipinski definition) is 2. The van der Waals surface area contributed by atoms with Crippen molar-refractivity contribution in [3.8, 4) is 0 Å². The van der Waals surface area contributed by atoms with E-state index < -0.39 is 0 Å². The zero-order valence-electron chi connectivity index (χ0n) is 8.04. The van der Waals surface area contributed by atoms with Crippen LogP contribution in [0.5, 0.6) is 0 Å². The van der Waals surface area contributed by atoms with Gasteiger partial charge in [0.25, 0.3) is 0 Å². The van der Waals surface area contributed by atoms with Gasteiger partial charge in [-0.05, 0) is 27.2 Å². The summed E-state index contributed by atoms with van der Waals surface area (Å²) in [6.45, 7) is 6.07. The molecule has 0 rings (SSSR count). The molecule has 0 aromatic heterocycles. The number of aliphatic imine (C=N–C) groups is 1. The second-order valence-corrected chi connectivity index (χ2v) is 3.17. The Balaban J connectivity index is 3.80. The Morgan fingerprint density at radius 3 is 2.50 bits per heavy atom. The summed E-state index contributed by atoms with van der Waals surface area (Å²) in [5.74, 6) is 0.450. The van der Waals surface area contributed by atoms with E-state index in [1.165, 1.54) is 0 Å². The van der Waals surface area contributed by atoms with E-state index in [-0.39, 0.29) is 12.6 Å². The predicted octanol–water partition coefficient (Wildman–Crippen LogP) is 0.0700. The van der Waals surface area contributed by atoms with Crippen LogP contribution in [0.25, 0.3) is 0 Å². The lowest BCUT2D eigenvalue weighted by Gasteiger charge is -2.10. The maximum Gasteiger partial charge on any atom is 0.189 e. The van der Waals surface area contributed by atoms with Gasteiger partial charge in [0, 0.05) is 12.6 Å². The first-order valence-electron chi connectivity index (χ1n) is 4.27. The number of guanidine groups is 1. The Labute approximate surface area is 73.9 Å². The second-order valence-electron chi connectivity index (χ2n) is 3.17. The van der Waals surface area contributed by atoms with Crippen LogP contribution in [0.4, 0.5) is 0 Å². The number of nitrogens with one attached hydrogen (secondary N) is 1. The lowest BCUT2D eigenvalue weighted by Crippen LogP contribution is -2.37. The molecule has 0 aliphatic rings. The topological polar surface area (TPSA) is 70.6 Å². The molecule has 72 valence electrons. The quantitative estimate of drug-likeness (QED) is 0.416. The molecule has 0 aromatic carbocycles. The van der Waals surface area contributed by atoms with Crippen molar-refractivity contribution >= 4 is 5.96 Å². The van der Waals surface area contributed by atoms with Crippen LogP contribution < -0.4 is 11.1 Å². The molecular weight excluding hydrogens is 154 g/mol. The van der Waals surface area contributed by atoms with Crippen LogP contribution in [0, 0.1) is 0 Å². The molecule has 0 saturated heterocycles. The second kappa shape index (κ2) is 5.83. The van der Waals surface area contributed by atoms with E-state index in [0.29, 0.717) is 18.4 Å². The first-order valence-corrected chi connectivity index (χ1v) is 4.27. The zero-order chi connectivity index (χ0) is 9.56. The SMILES string of the molecule is CC(CCO)N=C(N)NC(C)C. The number of rotatable bonds is 4. The highest BCUT2D eigenvalue weighted by Gasteiger charge is 2.00. The molecule has 0 aliphatic heterocycles. The van der Waals surface area contributed by atoms with Gasteiger partial charge < -0.3 is 16.2 Å². The Morgan fingerprint density at radius 2 is 2.08 bits per heavy atom. The van der Waals surface area contributed by atoms with E-state index >= 15 is 0 Å². The highest BCUT2D eigenvalue weighted by Crippen LogP contribution is 1.94. The van der Waals surface area contributed by atoms with Crippen LogP contribution in [-0.2, 0) is 0 Å². The van der Waals surface area contributed by atoms with Crippen molar-refractivity contribution in [1.82, 2.24) is 5.32 Å². The zero-order valence-corrected chi connectivity index (χ0v) is 8.04. The lowest BCUT2D eigenvalue weighted by molar-refractivity contribution is 0.279. The number of aliphatic hydroxyl groups excluding tert-OH is 1. The van der Waals surface area contributed by atoms with Crippen LogP contribution in [0.1, 0.15) is 27.2 Å². The van der Waals surface area contributed by atoms with Crippen molar-refractivity contribution < 1.29 is 5.11 Å². The van der Waals surface area contributed by atoms with Crippen LogP contribution in [0.15, 0.2) is 4.99 Å². The van der Waals surface area contributed by atoms with E-state index in [0.717, 1.165) is 0 Å². The molecule has 4 heteroatoms. The van der Waals surface area contributed by atoms with Gasteiger partial charge in [-0.3, -0.25) is 4.99 Å². The number of nitrogens with zero attached hydrogens (tertiary/aromatic N) is 1. The van der Waals surface area contributed by atoms with Gasteiger partial charge in [-0.25, -0.2) is 0 Å². The maximum atomic E-state index is 8.60. The van der Waals surface area contributed by atoms with Crippen molar-refractivity contribution in [2.75, 3.05) is 6.61 Å². The van der Waals surface area contributed by atoms with Crippen LogP contribution in [-0.4, -0.2) is 29.8 Å². The monoisotopic (exact) mass is 173 g/mol. The van der Waals surface area contributed by atoms with Gasteiger partial charge in [-0.2, -0.15) is 0 Å². The molecule has 0 radical (unpaired) electrons. The standard InChI is InChI=1S/C8H19N3O/c1-6(2)10-8(9)11-7(3)4-5-12/h6-7,12H,4-5H2,1-3H3,(H3,9,10,11).